The number of halogens is 1. The minimum atomic E-state index is -0.448. The molecule has 6 heteroatoms. The molecule has 0 aromatic heterocycles. The number of hydrogen-bond donors (Lipinski definition) is 1. The van der Waals surface area contributed by atoms with Crippen LogP contribution >= 0.6 is 11.6 Å². The number of hydrogen-bond acceptors (Lipinski definition) is 5. The lowest BCUT2D eigenvalue weighted by atomic mass is 9.92. The van der Waals surface area contributed by atoms with E-state index in [2.05, 4.69) is 10.5 Å². The molecule has 0 amide bonds. The second-order valence-electron chi connectivity index (χ2n) is 5.16. The molecule has 0 saturated carbocycles. The fourth-order valence-electron chi connectivity index (χ4n) is 2.68. The van der Waals surface area contributed by atoms with Crippen LogP contribution in [0, 0.1) is 0 Å². The van der Waals surface area contributed by atoms with E-state index in [-0.39, 0.29) is 12.0 Å². The number of nitrogens with zero attached hydrogens (tertiary/aromatic N) is 1. The molecule has 5 nitrogen and oxygen atoms in total. The number of methoxy groups -OCH3 is 1. The van der Waals surface area contributed by atoms with Crippen molar-refractivity contribution in [1.82, 2.24) is 5.32 Å². The Morgan fingerprint density at radius 3 is 3.20 bits per heavy atom. The predicted octanol–water partition coefficient (Wildman–Crippen LogP) is 1.74. The van der Waals surface area contributed by atoms with Gasteiger partial charge < -0.3 is 14.9 Å². The summed E-state index contributed by atoms with van der Waals surface area (Å²) in [6, 6.07) is 7.20. The summed E-state index contributed by atoms with van der Waals surface area (Å²) < 4.78 is 4.75. The van der Waals surface area contributed by atoms with Crippen molar-refractivity contribution in [2.24, 2.45) is 5.16 Å². The Kier molecular flexibility index (Phi) is 3.40. The maximum absolute atomic E-state index is 11.6. The summed E-state index contributed by atoms with van der Waals surface area (Å²) in [5, 5.41) is 7.96. The van der Waals surface area contributed by atoms with Crippen molar-refractivity contribution in [2.75, 3.05) is 13.7 Å². The van der Waals surface area contributed by atoms with Crippen LogP contribution in [0.4, 0.5) is 0 Å². The van der Waals surface area contributed by atoms with Crippen molar-refractivity contribution in [2.45, 2.75) is 24.5 Å². The molecule has 1 fully saturated rings. The highest BCUT2D eigenvalue weighted by Gasteiger charge is 2.48. The van der Waals surface area contributed by atoms with Gasteiger partial charge in [-0.2, -0.15) is 0 Å². The first-order valence-electron chi connectivity index (χ1n) is 6.44. The third-order valence-corrected chi connectivity index (χ3v) is 3.96. The molecule has 1 spiro atoms. The summed E-state index contributed by atoms with van der Waals surface area (Å²) in [6.07, 6.45) is 1.22. The summed E-state index contributed by atoms with van der Waals surface area (Å²) in [5.41, 5.74) is 1.37. The van der Waals surface area contributed by atoms with Gasteiger partial charge in [-0.05, 0) is 12.1 Å². The van der Waals surface area contributed by atoms with Gasteiger partial charge in [0.05, 0.1) is 12.8 Å². The van der Waals surface area contributed by atoms with E-state index < -0.39 is 5.60 Å². The lowest BCUT2D eigenvalue weighted by molar-refractivity contribution is -0.143. The van der Waals surface area contributed by atoms with Gasteiger partial charge in [0.1, 0.15) is 6.04 Å². The van der Waals surface area contributed by atoms with Crippen molar-refractivity contribution in [3.8, 4) is 0 Å². The van der Waals surface area contributed by atoms with Crippen LogP contribution in [0.1, 0.15) is 18.4 Å². The van der Waals surface area contributed by atoms with Gasteiger partial charge in [0.2, 0.25) is 0 Å². The lowest BCUT2D eigenvalue weighted by Crippen LogP contribution is -2.31. The Balaban J connectivity index is 1.72. The number of benzene rings is 1. The Bertz CT molecular complexity index is 575. The van der Waals surface area contributed by atoms with E-state index in [4.69, 9.17) is 21.2 Å². The smallest absolute Gasteiger partial charge is 0.323 e. The highest BCUT2D eigenvalue weighted by atomic mass is 35.5. The van der Waals surface area contributed by atoms with Crippen LogP contribution in [0.25, 0.3) is 0 Å². The molecule has 0 radical (unpaired) electrons. The zero-order chi connectivity index (χ0) is 14.2. The zero-order valence-electron chi connectivity index (χ0n) is 11.1. The number of oxime groups is 1. The molecule has 2 atom stereocenters. The highest BCUT2D eigenvalue weighted by Crippen LogP contribution is 2.34. The van der Waals surface area contributed by atoms with Crippen LogP contribution < -0.4 is 5.32 Å². The quantitative estimate of drug-likeness (QED) is 0.844. The molecule has 0 unspecified atom stereocenters. The number of carbonyl (C=O) groups is 1. The summed E-state index contributed by atoms with van der Waals surface area (Å²) in [5.74, 6) is -0.262. The van der Waals surface area contributed by atoms with Gasteiger partial charge in [-0.3, -0.25) is 4.79 Å². The fraction of sp³-hybridized carbons (Fsp3) is 0.429. The van der Waals surface area contributed by atoms with E-state index in [0.717, 1.165) is 11.3 Å². The van der Waals surface area contributed by atoms with Crippen LogP contribution in [0.5, 0.6) is 0 Å². The van der Waals surface area contributed by atoms with Crippen molar-refractivity contribution in [1.29, 1.82) is 0 Å². The van der Waals surface area contributed by atoms with E-state index in [0.29, 0.717) is 24.4 Å². The first kappa shape index (κ1) is 13.4. The molecule has 1 saturated heterocycles. The summed E-state index contributed by atoms with van der Waals surface area (Å²) in [6.45, 7) is 0.584. The first-order chi connectivity index (χ1) is 9.62. The lowest BCUT2D eigenvalue weighted by Gasteiger charge is -2.18. The average Bonchev–Trinajstić information content (AvgIpc) is 3.06. The van der Waals surface area contributed by atoms with Crippen molar-refractivity contribution >= 4 is 23.3 Å². The van der Waals surface area contributed by atoms with Crippen LogP contribution in [-0.2, 0) is 14.4 Å². The third-order valence-electron chi connectivity index (χ3n) is 3.73. The molecule has 1 aromatic carbocycles. The Hall–Kier alpha value is -1.59. The molecule has 2 heterocycles. The first-order valence-corrected chi connectivity index (χ1v) is 6.82. The van der Waals surface area contributed by atoms with E-state index in [1.807, 2.05) is 24.3 Å². The second kappa shape index (κ2) is 5.07. The number of nitrogens with one attached hydrogen (secondary N) is 1. The maximum atomic E-state index is 11.6. The summed E-state index contributed by atoms with van der Waals surface area (Å²) in [7, 11) is 1.39. The monoisotopic (exact) mass is 294 g/mol. The van der Waals surface area contributed by atoms with E-state index in [9.17, 15) is 4.79 Å². The summed E-state index contributed by atoms with van der Waals surface area (Å²) >= 11 is 5.99. The number of esters is 1. The van der Waals surface area contributed by atoms with Crippen molar-refractivity contribution < 1.29 is 14.4 Å². The number of rotatable bonds is 2. The van der Waals surface area contributed by atoms with Crippen molar-refractivity contribution in [3.05, 3.63) is 34.9 Å². The molecule has 1 aromatic rings. The molecule has 20 heavy (non-hydrogen) atoms. The molecule has 2 aliphatic heterocycles. The fourth-order valence-corrected chi connectivity index (χ4v) is 2.87. The van der Waals surface area contributed by atoms with E-state index in [1.165, 1.54) is 7.11 Å². The second-order valence-corrected chi connectivity index (χ2v) is 5.60. The summed E-state index contributed by atoms with van der Waals surface area (Å²) in [4.78, 5) is 17.2. The molecular weight excluding hydrogens is 280 g/mol. The van der Waals surface area contributed by atoms with E-state index >= 15 is 0 Å². The largest absolute Gasteiger partial charge is 0.468 e. The molecule has 106 valence electrons. The maximum Gasteiger partial charge on any atom is 0.323 e. The molecular formula is C14H15ClN2O3. The van der Waals surface area contributed by atoms with Gasteiger partial charge in [0.25, 0.3) is 0 Å². The van der Waals surface area contributed by atoms with Gasteiger partial charge in [0.15, 0.2) is 5.60 Å². The molecule has 0 aliphatic carbocycles. The predicted molar refractivity (Wildman–Crippen MR) is 74.8 cm³/mol. The molecule has 2 aliphatic rings. The van der Waals surface area contributed by atoms with Crippen LogP contribution in [-0.4, -0.2) is 37.0 Å². The Morgan fingerprint density at radius 1 is 1.60 bits per heavy atom. The third kappa shape index (κ3) is 2.39. The van der Waals surface area contributed by atoms with Gasteiger partial charge in [-0.1, -0.05) is 28.9 Å². The number of ether oxygens (including phenoxy) is 1. The molecule has 3 rings (SSSR count). The van der Waals surface area contributed by atoms with Gasteiger partial charge in [-0.25, -0.2) is 0 Å². The van der Waals surface area contributed by atoms with Crippen molar-refractivity contribution in [3.63, 3.8) is 0 Å². The minimum Gasteiger partial charge on any atom is -0.468 e. The average molecular weight is 295 g/mol. The minimum absolute atomic E-state index is 0.262. The Morgan fingerprint density at radius 2 is 2.45 bits per heavy atom. The van der Waals surface area contributed by atoms with E-state index in [1.54, 1.807) is 0 Å². The topological polar surface area (TPSA) is 59.9 Å². The van der Waals surface area contributed by atoms with Crippen LogP contribution in [0.2, 0.25) is 5.02 Å². The standard InChI is InChI=1S/C14H15ClN2O3/c1-19-13(18)12-7-14(8-16-12)6-11(17-20-14)9-3-2-4-10(15)5-9/h2-5,12,16H,6-8H2,1H3/t12-,14+/m0/s1. The molecule has 1 N–H and O–H groups in total. The van der Waals surface area contributed by atoms with Gasteiger partial charge in [0, 0.05) is 30.0 Å². The SMILES string of the molecule is COC(=O)[C@@H]1C[C@@]2(CN1)CC(c1cccc(Cl)c1)=NO2. The number of carbonyl (C=O) groups excluding carboxylic acids is 1. The molecule has 0 bridgehead atoms. The zero-order valence-corrected chi connectivity index (χ0v) is 11.8. The highest BCUT2D eigenvalue weighted by molar-refractivity contribution is 6.31. The normalized spacial score (nSPS) is 28.3. The van der Waals surface area contributed by atoms with Crippen LogP contribution in [0.3, 0.4) is 0 Å². The van der Waals surface area contributed by atoms with Crippen LogP contribution in [0.15, 0.2) is 29.4 Å². The van der Waals surface area contributed by atoms with Gasteiger partial charge >= 0.3 is 5.97 Å². The Labute approximate surface area is 121 Å². The van der Waals surface area contributed by atoms with Gasteiger partial charge in [-0.15, -0.1) is 0 Å².